The largest absolute Gasteiger partial charge is 0.289 e. The molecule has 13 heavy (non-hydrogen) atoms. The van der Waals surface area contributed by atoms with Crippen molar-refractivity contribution in [1.82, 2.24) is 4.90 Å². The Morgan fingerprint density at radius 2 is 2.38 bits per heavy atom. The minimum Gasteiger partial charge on any atom is -0.289 e. The molecule has 70 valence electrons. The minimum atomic E-state index is 1.12. The third kappa shape index (κ3) is 2.48. The molecule has 1 fully saturated rings. The predicted molar refractivity (Wildman–Crippen MR) is 58.9 cm³/mol. The molecule has 0 amide bonds. The van der Waals surface area contributed by atoms with Crippen LogP contribution in [0, 0.1) is 6.92 Å². The number of nitrogens with zero attached hydrogens (tertiary/aromatic N) is 1. The highest BCUT2D eigenvalue weighted by Gasteiger charge is 2.11. The van der Waals surface area contributed by atoms with E-state index in [-0.39, 0.29) is 0 Å². The SMILES string of the molecule is Cc1cccc(CN2CCSC2)c1. The van der Waals surface area contributed by atoms with Crippen molar-refractivity contribution < 1.29 is 0 Å². The molecule has 1 saturated heterocycles. The van der Waals surface area contributed by atoms with Crippen LogP contribution in [-0.4, -0.2) is 23.1 Å². The summed E-state index contributed by atoms with van der Waals surface area (Å²) >= 11 is 2.03. The van der Waals surface area contributed by atoms with E-state index in [0.29, 0.717) is 0 Å². The van der Waals surface area contributed by atoms with Gasteiger partial charge in [0.05, 0.1) is 0 Å². The Labute approximate surface area is 84.1 Å². The first-order valence-corrected chi connectivity index (χ1v) is 5.86. The van der Waals surface area contributed by atoms with Gasteiger partial charge in [-0.05, 0) is 12.5 Å². The van der Waals surface area contributed by atoms with E-state index < -0.39 is 0 Å². The molecule has 0 N–H and O–H groups in total. The number of benzene rings is 1. The van der Waals surface area contributed by atoms with Gasteiger partial charge in [0.2, 0.25) is 0 Å². The van der Waals surface area contributed by atoms with Gasteiger partial charge >= 0.3 is 0 Å². The van der Waals surface area contributed by atoms with Gasteiger partial charge in [0.15, 0.2) is 0 Å². The standard InChI is InChI=1S/C11H15NS/c1-10-3-2-4-11(7-10)8-12-5-6-13-9-12/h2-4,7H,5-6,8-9H2,1H3. The summed E-state index contributed by atoms with van der Waals surface area (Å²) in [6.07, 6.45) is 0. The van der Waals surface area contributed by atoms with Crippen LogP contribution in [0.1, 0.15) is 11.1 Å². The number of hydrogen-bond acceptors (Lipinski definition) is 2. The lowest BCUT2D eigenvalue weighted by Crippen LogP contribution is -2.18. The smallest absolute Gasteiger partial charge is 0.0448 e. The summed E-state index contributed by atoms with van der Waals surface area (Å²) in [6, 6.07) is 8.80. The lowest BCUT2D eigenvalue weighted by Gasteiger charge is -2.13. The van der Waals surface area contributed by atoms with Crippen LogP contribution in [-0.2, 0) is 6.54 Å². The van der Waals surface area contributed by atoms with Gasteiger partial charge in [-0.3, -0.25) is 4.90 Å². The number of rotatable bonds is 2. The molecular weight excluding hydrogens is 178 g/mol. The normalized spacial score (nSPS) is 17.9. The van der Waals surface area contributed by atoms with E-state index in [2.05, 4.69) is 36.1 Å². The third-order valence-corrected chi connectivity index (χ3v) is 3.33. The van der Waals surface area contributed by atoms with E-state index >= 15 is 0 Å². The van der Waals surface area contributed by atoms with Crippen molar-refractivity contribution in [2.75, 3.05) is 18.2 Å². The highest BCUT2D eigenvalue weighted by Crippen LogP contribution is 2.16. The fraction of sp³-hybridized carbons (Fsp3) is 0.455. The van der Waals surface area contributed by atoms with E-state index in [4.69, 9.17) is 0 Å². The molecule has 0 aliphatic carbocycles. The molecule has 1 aliphatic rings. The Morgan fingerprint density at radius 1 is 1.46 bits per heavy atom. The second-order valence-corrected chi connectivity index (χ2v) is 4.65. The topological polar surface area (TPSA) is 3.24 Å². The average molecular weight is 193 g/mol. The maximum Gasteiger partial charge on any atom is 0.0448 e. The van der Waals surface area contributed by atoms with Gasteiger partial charge in [-0.1, -0.05) is 29.8 Å². The minimum absolute atomic E-state index is 1.12. The summed E-state index contributed by atoms with van der Waals surface area (Å²) in [7, 11) is 0. The van der Waals surface area contributed by atoms with Crippen LogP contribution in [0.15, 0.2) is 24.3 Å². The van der Waals surface area contributed by atoms with Crippen LogP contribution in [0.4, 0.5) is 0 Å². The molecule has 1 heterocycles. The molecule has 1 aromatic rings. The van der Waals surface area contributed by atoms with Crippen LogP contribution >= 0.6 is 11.8 Å². The maximum absolute atomic E-state index is 2.50. The second kappa shape index (κ2) is 4.16. The lowest BCUT2D eigenvalue weighted by atomic mass is 10.1. The van der Waals surface area contributed by atoms with Gasteiger partial charge in [-0.25, -0.2) is 0 Å². The molecule has 0 aromatic heterocycles. The zero-order chi connectivity index (χ0) is 9.10. The number of thioether (sulfide) groups is 1. The molecule has 0 bridgehead atoms. The van der Waals surface area contributed by atoms with E-state index in [0.717, 1.165) is 6.54 Å². The summed E-state index contributed by atoms with van der Waals surface area (Å²) in [4.78, 5) is 2.50. The lowest BCUT2D eigenvalue weighted by molar-refractivity contribution is 0.349. The highest BCUT2D eigenvalue weighted by molar-refractivity contribution is 7.99. The first kappa shape index (κ1) is 9.10. The first-order chi connectivity index (χ1) is 6.34. The van der Waals surface area contributed by atoms with E-state index in [1.54, 1.807) is 0 Å². The average Bonchev–Trinajstić information content (AvgIpc) is 2.57. The number of hydrogen-bond donors (Lipinski definition) is 0. The zero-order valence-corrected chi connectivity index (χ0v) is 8.81. The van der Waals surface area contributed by atoms with Crippen LogP contribution in [0.25, 0.3) is 0 Å². The van der Waals surface area contributed by atoms with Crippen molar-refractivity contribution >= 4 is 11.8 Å². The van der Waals surface area contributed by atoms with Gasteiger partial charge in [0, 0.05) is 24.7 Å². The van der Waals surface area contributed by atoms with Crippen molar-refractivity contribution in [1.29, 1.82) is 0 Å². The van der Waals surface area contributed by atoms with Gasteiger partial charge in [-0.15, -0.1) is 11.8 Å². The van der Waals surface area contributed by atoms with Crippen molar-refractivity contribution in [2.24, 2.45) is 0 Å². The maximum atomic E-state index is 2.50. The summed E-state index contributed by atoms with van der Waals surface area (Å²) in [6.45, 7) is 4.52. The van der Waals surface area contributed by atoms with Crippen molar-refractivity contribution in [3.05, 3.63) is 35.4 Å². The Kier molecular flexibility index (Phi) is 2.91. The molecule has 0 saturated carbocycles. The van der Waals surface area contributed by atoms with Crippen molar-refractivity contribution in [3.63, 3.8) is 0 Å². The Balaban J connectivity index is 2.00. The molecule has 1 aliphatic heterocycles. The predicted octanol–water partition coefficient (Wildman–Crippen LogP) is 2.50. The van der Waals surface area contributed by atoms with Crippen LogP contribution in [0.2, 0.25) is 0 Å². The molecule has 0 radical (unpaired) electrons. The Hall–Kier alpha value is -0.470. The quantitative estimate of drug-likeness (QED) is 0.710. The molecule has 0 unspecified atom stereocenters. The van der Waals surface area contributed by atoms with Crippen LogP contribution < -0.4 is 0 Å². The van der Waals surface area contributed by atoms with Crippen molar-refractivity contribution in [3.8, 4) is 0 Å². The summed E-state index contributed by atoms with van der Waals surface area (Å²) in [5.74, 6) is 2.50. The summed E-state index contributed by atoms with van der Waals surface area (Å²) in [5, 5.41) is 0. The summed E-state index contributed by atoms with van der Waals surface area (Å²) in [5.41, 5.74) is 2.81. The fourth-order valence-corrected chi connectivity index (χ4v) is 2.64. The Bertz CT molecular complexity index is 279. The van der Waals surface area contributed by atoms with Gasteiger partial charge in [0.25, 0.3) is 0 Å². The van der Waals surface area contributed by atoms with E-state index in [9.17, 15) is 0 Å². The second-order valence-electron chi connectivity index (χ2n) is 3.58. The molecule has 1 nitrogen and oxygen atoms in total. The zero-order valence-electron chi connectivity index (χ0n) is 7.99. The highest BCUT2D eigenvalue weighted by atomic mass is 32.2. The number of aryl methyl sites for hydroxylation is 1. The summed E-state index contributed by atoms with van der Waals surface area (Å²) < 4.78 is 0. The first-order valence-electron chi connectivity index (χ1n) is 4.70. The van der Waals surface area contributed by atoms with Crippen LogP contribution in [0.3, 0.4) is 0 Å². The molecular formula is C11H15NS. The molecule has 0 spiro atoms. The molecule has 1 aromatic carbocycles. The molecule has 2 heteroatoms. The Morgan fingerprint density at radius 3 is 3.08 bits per heavy atom. The van der Waals surface area contributed by atoms with Gasteiger partial charge < -0.3 is 0 Å². The third-order valence-electron chi connectivity index (χ3n) is 2.31. The molecule has 0 atom stereocenters. The van der Waals surface area contributed by atoms with Crippen molar-refractivity contribution in [2.45, 2.75) is 13.5 Å². The van der Waals surface area contributed by atoms with Gasteiger partial charge in [-0.2, -0.15) is 0 Å². The van der Waals surface area contributed by atoms with E-state index in [1.807, 2.05) is 11.8 Å². The monoisotopic (exact) mass is 193 g/mol. The molecule has 2 rings (SSSR count). The van der Waals surface area contributed by atoms with Crippen LogP contribution in [0.5, 0.6) is 0 Å². The fourth-order valence-electron chi connectivity index (χ4n) is 1.65. The van der Waals surface area contributed by atoms with Gasteiger partial charge in [0.1, 0.15) is 0 Å². The van der Waals surface area contributed by atoms with E-state index in [1.165, 1.54) is 29.3 Å².